The number of fused-ring (bicyclic) bond motifs is 4. The first-order valence-electron chi connectivity index (χ1n) is 18.2. The molecule has 1 aliphatic heterocycles. The summed E-state index contributed by atoms with van der Waals surface area (Å²) >= 11 is 0. The van der Waals surface area contributed by atoms with E-state index < -0.39 is 79.5 Å². The van der Waals surface area contributed by atoms with Crippen molar-refractivity contribution in [1.29, 1.82) is 0 Å². The van der Waals surface area contributed by atoms with Gasteiger partial charge in [0.2, 0.25) is 23.0 Å². The van der Waals surface area contributed by atoms with Crippen molar-refractivity contribution in [2.45, 2.75) is 12.3 Å². The molecule has 1 heterocycles. The van der Waals surface area contributed by atoms with Crippen LogP contribution in [0.15, 0.2) is 126 Å². The minimum atomic E-state index is -1.19. The van der Waals surface area contributed by atoms with Crippen molar-refractivity contribution in [3.05, 3.63) is 138 Å². The quantitative estimate of drug-likeness (QED) is 0.0455. The topological polar surface area (TPSA) is 210 Å². The molecule has 0 aromatic heterocycles. The maximum absolute atomic E-state index is 11.8. The molecule has 0 radical (unpaired) electrons. The molecule has 0 saturated carbocycles. The van der Waals surface area contributed by atoms with E-state index in [1.165, 1.54) is 0 Å². The summed E-state index contributed by atoms with van der Waals surface area (Å²) < 4.78 is 0. The first kappa shape index (κ1) is 35.8. The summed E-state index contributed by atoms with van der Waals surface area (Å²) in [5, 5.41) is 102. The zero-order valence-electron chi connectivity index (χ0n) is 30.6. The average Bonchev–Trinajstić information content (AvgIpc) is 3.26. The van der Waals surface area contributed by atoms with Gasteiger partial charge in [-0.2, -0.15) is 0 Å². The Hall–Kier alpha value is -7.83. The fourth-order valence-corrected chi connectivity index (χ4v) is 8.06. The van der Waals surface area contributed by atoms with Gasteiger partial charge in [0.15, 0.2) is 23.0 Å². The van der Waals surface area contributed by atoms with Crippen molar-refractivity contribution in [3.8, 4) is 74.0 Å². The van der Waals surface area contributed by atoms with Gasteiger partial charge in [0.25, 0.3) is 0 Å². The lowest BCUT2D eigenvalue weighted by atomic mass is 9.88. The summed E-state index contributed by atoms with van der Waals surface area (Å²) in [6, 6.07) is 39.1. The second-order valence-corrected chi connectivity index (χ2v) is 14.2. The van der Waals surface area contributed by atoms with Gasteiger partial charge in [-0.05, 0) is 44.7 Å². The summed E-state index contributed by atoms with van der Waals surface area (Å²) in [4.78, 5) is 7.22. The fourth-order valence-electron chi connectivity index (χ4n) is 8.06. The van der Waals surface area contributed by atoms with E-state index in [0.717, 1.165) is 33.0 Å². The van der Waals surface area contributed by atoms with Crippen LogP contribution in [0.2, 0.25) is 0 Å². The molecular formula is C46H35N3O9. The molecule has 12 nitrogen and oxygen atoms in total. The largest absolute Gasteiger partial charge is 0.506 e. The zero-order chi connectivity index (χ0) is 40.6. The molecule has 0 spiro atoms. The second-order valence-electron chi connectivity index (χ2n) is 14.2. The van der Waals surface area contributed by atoms with E-state index in [9.17, 15) is 46.0 Å². The highest BCUT2D eigenvalue weighted by Crippen LogP contribution is 2.61. The molecular weight excluding hydrogens is 739 g/mol. The molecule has 2 unspecified atom stereocenters. The summed E-state index contributed by atoms with van der Waals surface area (Å²) in [7, 11) is 1.94. The molecule has 12 heteroatoms. The Bertz CT molecular complexity index is 3000. The van der Waals surface area contributed by atoms with E-state index in [4.69, 9.17) is 4.99 Å². The van der Waals surface area contributed by atoms with Crippen LogP contribution in [-0.2, 0) is 0 Å². The Labute approximate surface area is 330 Å². The van der Waals surface area contributed by atoms with Crippen LogP contribution in [0.3, 0.4) is 0 Å². The third-order valence-electron chi connectivity index (χ3n) is 10.9. The van der Waals surface area contributed by atoms with E-state index in [2.05, 4.69) is 41.7 Å². The van der Waals surface area contributed by atoms with Gasteiger partial charge in [0, 0.05) is 34.3 Å². The minimum Gasteiger partial charge on any atom is -0.506 e. The van der Waals surface area contributed by atoms with Crippen molar-refractivity contribution in [2.24, 2.45) is 4.99 Å². The van der Waals surface area contributed by atoms with Crippen LogP contribution in [0.4, 0.5) is 0 Å². The summed E-state index contributed by atoms with van der Waals surface area (Å²) in [6.07, 6.45) is -1.08. The van der Waals surface area contributed by atoms with Gasteiger partial charge in [0.05, 0.1) is 5.39 Å². The molecule has 0 fully saturated rings. The standard InChI is InChI=1S/C46H35N3O9/c1-49-45(24-10-3-2-4-11-24)47-44(48-46(49)25-19-17-23(18-20-25)29-16-8-12-22-9-5-6-15-28(22)29)27-14-7-13-26(21-27)30-31-32(37(52)41(56)40(55)36(31)51)33-34(35(30)50)39(54)43(58)42(57)38(33)53/h2-21,44-45,47,50-58H,1H3. The van der Waals surface area contributed by atoms with Crippen LogP contribution >= 0.6 is 0 Å². The van der Waals surface area contributed by atoms with Crippen molar-refractivity contribution in [2.75, 3.05) is 7.05 Å². The molecule has 1 aliphatic rings. The smallest absolute Gasteiger partial charge is 0.205 e. The summed E-state index contributed by atoms with van der Waals surface area (Å²) in [5.41, 5.74) is 4.46. The SMILES string of the molecule is CN1C(c2ccc(-c3cccc4ccccc34)cc2)=NC(c2cccc(-c3c(O)c4c(O)c(O)c(O)c(O)c4c4c(O)c(O)c(O)c(O)c34)c2)NC1c1ccccc1. The first-order chi connectivity index (χ1) is 28.0. The molecule has 58 heavy (non-hydrogen) atoms. The molecule has 0 bridgehead atoms. The molecule has 9 rings (SSSR count). The Morgan fingerprint density at radius 3 is 1.69 bits per heavy atom. The van der Waals surface area contributed by atoms with Crippen LogP contribution in [0.25, 0.3) is 54.6 Å². The monoisotopic (exact) mass is 773 g/mol. The summed E-state index contributed by atoms with van der Waals surface area (Å²) in [5.74, 6) is -8.95. The van der Waals surface area contributed by atoms with Crippen LogP contribution in [0, 0.1) is 0 Å². The number of hydrogen-bond donors (Lipinski definition) is 10. The number of phenolic OH excluding ortho intramolecular Hbond substituents is 9. The molecule has 0 amide bonds. The molecule has 2 atom stereocenters. The number of rotatable bonds is 5. The molecule has 8 aromatic carbocycles. The number of aliphatic imine (C=N–C) groups is 1. The number of hydrogen-bond acceptors (Lipinski definition) is 12. The maximum atomic E-state index is 11.8. The van der Waals surface area contributed by atoms with Gasteiger partial charge in [-0.1, -0.05) is 115 Å². The van der Waals surface area contributed by atoms with Gasteiger partial charge < -0.3 is 50.9 Å². The third-order valence-corrected chi connectivity index (χ3v) is 10.9. The van der Waals surface area contributed by atoms with Crippen LogP contribution in [0.5, 0.6) is 51.7 Å². The third kappa shape index (κ3) is 5.38. The maximum Gasteiger partial charge on any atom is 0.205 e. The second kappa shape index (κ2) is 13.4. The van der Waals surface area contributed by atoms with E-state index in [1.54, 1.807) is 24.3 Å². The van der Waals surface area contributed by atoms with Crippen molar-refractivity contribution in [3.63, 3.8) is 0 Å². The normalized spacial score (nSPS) is 15.6. The molecule has 0 aliphatic carbocycles. The number of aromatic hydroxyl groups is 9. The average molecular weight is 774 g/mol. The van der Waals surface area contributed by atoms with Crippen LogP contribution in [-0.4, -0.2) is 63.7 Å². The molecule has 0 saturated heterocycles. The highest BCUT2D eigenvalue weighted by Gasteiger charge is 2.33. The Kier molecular flexibility index (Phi) is 8.30. The number of nitrogens with one attached hydrogen (secondary N) is 1. The number of nitrogens with zero attached hydrogens (tertiary/aromatic N) is 2. The first-order valence-corrected chi connectivity index (χ1v) is 18.2. The van der Waals surface area contributed by atoms with Gasteiger partial charge >= 0.3 is 0 Å². The van der Waals surface area contributed by atoms with E-state index in [0.29, 0.717) is 11.4 Å². The van der Waals surface area contributed by atoms with E-state index in [-0.39, 0.29) is 17.3 Å². The lowest BCUT2D eigenvalue weighted by Crippen LogP contribution is -2.46. The highest BCUT2D eigenvalue weighted by molar-refractivity contribution is 6.26. The van der Waals surface area contributed by atoms with Crippen LogP contribution < -0.4 is 5.32 Å². The van der Waals surface area contributed by atoms with E-state index in [1.807, 2.05) is 72.6 Å². The van der Waals surface area contributed by atoms with Crippen molar-refractivity contribution >= 4 is 38.2 Å². The zero-order valence-corrected chi connectivity index (χ0v) is 30.6. The number of amidine groups is 1. The van der Waals surface area contributed by atoms with E-state index >= 15 is 0 Å². The van der Waals surface area contributed by atoms with Gasteiger partial charge in [-0.25, -0.2) is 4.99 Å². The Balaban J connectivity index is 1.22. The number of phenols is 9. The van der Waals surface area contributed by atoms with Crippen molar-refractivity contribution < 1.29 is 46.0 Å². The Morgan fingerprint density at radius 2 is 1.00 bits per heavy atom. The highest BCUT2D eigenvalue weighted by atomic mass is 16.4. The summed E-state index contributed by atoms with van der Waals surface area (Å²) in [6.45, 7) is 0. The Morgan fingerprint density at radius 1 is 0.466 bits per heavy atom. The minimum absolute atomic E-state index is 0.182. The van der Waals surface area contributed by atoms with Gasteiger partial charge in [-0.15, -0.1) is 0 Å². The predicted octanol–water partition coefficient (Wildman–Crippen LogP) is 8.51. The lowest BCUT2D eigenvalue weighted by molar-refractivity contribution is 0.257. The van der Waals surface area contributed by atoms with Crippen molar-refractivity contribution in [1.82, 2.24) is 10.2 Å². The number of benzene rings is 8. The van der Waals surface area contributed by atoms with Gasteiger partial charge in [-0.3, -0.25) is 5.32 Å². The lowest BCUT2D eigenvalue weighted by Gasteiger charge is -2.39. The van der Waals surface area contributed by atoms with Gasteiger partial charge in [0.1, 0.15) is 23.9 Å². The molecule has 288 valence electrons. The van der Waals surface area contributed by atoms with Crippen LogP contribution in [0.1, 0.15) is 29.0 Å². The fraction of sp³-hybridized carbons (Fsp3) is 0.0652. The predicted molar refractivity (Wildman–Crippen MR) is 221 cm³/mol. The molecule has 8 aromatic rings. The molecule has 10 N–H and O–H groups in total.